The maximum absolute atomic E-state index is 11.3. The Bertz CT molecular complexity index is 719. The first-order valence-electron chi connectivity index (χ1n) is 5.45. The van der Waals surface area contributed by atoms with Gasteiger partial charge in [-0.2, -0.15) is 0 Å². The Hall–Kier alpha value is -2.66. The lowest BCUT2D eigenvalue weighted by molar-refractivity contribution is -0.382. The van der Waals surface area contributed by atoms with E-state index in [1.54, 1.807) is 6.07 Å². The van der Waals surface area contributed by atoms with E-state index in [9.17, 15) is 14.9 Å². The number of nitro groups is 1. The zero-order valence-electron chi connectivity index (χ0n) is 10.1. The lowest BCUT2D eigenvalue weighted by Gasteiger charge is -2.19. The first-order valence-corrected chi connectivity index (χ1v) is 6.33. The largest absolute Gasteiger partial charge is 0.480 e. The Labute approximate surface area is 117 Å². The normalized spacial score (nSPS) is 10.2. The summed E-state index contributed by atoms with van der Waals surface area (Å²) >= 11 is 1.28. The van der Waals surface area contributed by atoms with Crippen LogP contribution in [0.1, 0.15) is 0 Å². The van der Waals surface area contributed by atoms with E-state index in [4.69, 9.17) is 11.5 Å². The van der Waals surface area contributed by atoms with Crippen molar-refractivity contribution in [2.75, 3.05) is 18.0 Å². The van der Waals surface area contributed by atoms with Crippen LogP contribution in [0.15, 0.2) is 17.6 Å². The standard InChI is InChI=1S/C12H9N3O4S/c1-2-5-14(6-10(16)17)8-3-4-9-11(13-7-20-9)12(8)15(18)19/h1,3-4,7H,5-6H2,(H,16,17). The molecule has 0 radical (unpaired) electrons. The van der Waals surface area contributed by atoms with Gasteiger partial charge < -0.3 is 10.0 Å². The van der Waals surface area contributed by atoms with Crippen LogP contribution in [-0.4, -0.2) is 34.1 Å². The number of carbonyl (C=O) groups is 1. The molecule has 0 saturated heterocycles. The van der Waals surface area contributed by atoms with Gasteiger partial charge in [0.25, 0.3) is 0 Å². The molecule has 7 nitrogen and oxygen atoms in total. The number of carboxylic acids is 1. The number of terminal acetylenes is 1. The van der Waals surface area contributed by atoms with E-state index >= 15 is 0 Å². The lowest BCUT2D eigenvalue weighted by Crippen LogP contribution is -2.30. The fraction of sp³-hybridized carbons (Fsp3) is 0.167. The fourth-order valence-electron chi connectivity index (χ4n) is 1.84. The molecule has 0 atom stereocenters. The predicted octanol–water partition coefficient (Wildman–Crippen LogP) is 1.73. The highest BCUT2D eigenvalue weighted by Crippen LogP contribution is 2.36. The SMILES string of the molecule is C#CCN(CC(=O)O)c1ccc2scnc2c1[N+](=O)[O-]. The molecule has 2 aromatic rings. The Morgan fingerprint density at radius 1 is 1.60 bits per heavy atom. The van der Waals surface area contributed by atoms with Gasteiger partial charge in [-0.3, -0.25) is 14.9 Å². The van der Waals surface area contributed by atoms with E-state index in [0.717, 1.165) is 0 Å². The van der Waals surface area contributed by atoms with Crippen LogP contribution < -0.4 is 4.90 Å². The van der Waals surface area contributed by atoms with Crippen molar-refractivity contribution in [3.05, 3.63) is 27.8 Å². The number of hydrogen-bond donors (Lipinski definition) is 1. The van der Waals surface area contributed by atoms with E-state index in [0.29, 0.717) is 4.70 Å². The van der Waals surface area contributed by atoms with Crippen LogP contribution in [0.25, 0.3) is 10.2 Å². The molecule has 0 fully saturated rings. The second-order valence-corrected chi connectivity index (χ2v) is 4.73. The van der Waals surface area contributed by atoms with Gasteiger partial charge in [0.1, 0.15) is 12.2 Å². The highest BCUT2D eigenvalue weighted by Gasteiger charge is 2.25. The average Bonchev–Trinajstić information content (AvgIpc) is 2.84. The number of nitrogens with zero attached hydrogens (tertiary/aromatic N) is 3. The van der Waals surface area contributed by atoms with Crippen LogP contribution >= 0.6 is 11.3 Å². The van der Waals surface area contributed by atoms with Crippen molar-refractivity contribution in [1.82, 2.24) is 4.98 Å². The molecule has 0 aliphatic heterocycles. The van der Waals surface area contributed by atoms with Crippen molar-refractivity contribution in [2.24, 2.45) is 0 Å². The summed E-state index contributed by atoms with van der Waals surface area (Å²) in [5.74, 6) is 1.18. The monoisotopic (exact) mass is 291 g/mol. The minimum absolute atomic E-state index is 0.0389. The van der Waals surface area contributed by atoms with Gasteiger partial charge in [0, 0.05) is 0 Å². The summed E-state index contributed by atoms with van der Waals surface area (Å²) in [6.07, 6.45) is 5.19. The number of anilines is 1. The lowest BCUT2D eigenvalue weighted by atomic mass is 10.2. The van der Waals surface area contributed by atoms with Crippen molar-refractivity contribution in [3.8, 4) is 12.3 Å². The van der Waals surface area contributed by atoms with Crippen molar-refractivity contribution >= 4 is 38.9 Å². The minimum atomic E-state index is -1.12. The summed E-state index contributed by atoms with van der Waals surface area (Å²) in [6.45, 7) is -0.455. The molecule has 102 valence electrons. The number of thiazole rings is 1. The number of nitro benzene ring substituents is 1. The van der Waals surface area contributed by atoms with Crippen molar-refractivity contribution in [2.45, 2.75) is 0 Å². The molecule has 0 bridgehead atoms. The van der Waals surface area contributed by atoms with Gasteiger partial charge in [0.2, 0.25) is 0 Å². The summed E-state index contributed by atoms with van der Waals surface area (Å²) in [5.41, 5.74) is 1.68. The number of rotatable bonds is 5. The molecule has 0 spiro atoms. The number of aromatic nitrogens is 1. The van der Waals surface area contributed by atoms with Crippen LogP contribution in [0.3, 0.4) is 0 Å². The Morgan fingerprint density at radius 2 is 2.35 bits per heavy atom. The molecular formula is C12H9N3O4S. The number of carboxylic acid groups (broad SMARTS) is 1. The van der Waals surface area contributed by atoms with E-state index in [2.05, 4.69) is 10.9 Å². The summed E-state index contributed by atoms with van der Waals surface area (Å²) in [4.78, 5) is 26.8. The Balaban J connectivity index is 2.61. The molecule has 1 N–H and O–H groups in total. The zero-order valence-corrected chi connectivity index (χ0v) is 11.0. The molecule has 0 amide bonds. The molecule has 0 aliphatic rings. The number of benzene rings is 1. The van der Waals surface area contributed by atoms with Gasteiger partial charge in [0.05, 0.1) is 21.7 Å². The van der Waals surface area contributed by atoms with Crippen LogP contribution in [0.4, 0.5) is 11.4 Å². The molecule has 0 unspecified atom stereocenters. The third-order valence-electron chi connectivity index (χ3n) is 2.59. The van der Waals surface area contributed by atoms with Gasteiger partial charge in [-0.05, 0) is 12.1 Å². The Kier molecular flexibility index (Phi) is 3.81. The van der Waals surface area contributed by atoms with Crippen LogP contribution in [-0.2, 0) is 4.79 Å². The van der Waals surface area contributed by atoms with Gasteiger partial charge in [-0.1, -0.05) is 5.92 Å². The summed E-state index contributed by atoms with van der Waals surface area (Å²) < 4.78 is 0.663. The van der Waals surface area contributed by atoms with E-state index in [1.807, 2.05) is 0 Å². The number of hydrogen-bond acceptors (Lipinski definition) is 6. The third-order valence-corrected chi connectivity index (χ3v) is 3.38. The minimum Gasteiger partial charge on any atom is -0.480 e. The van der Waals surface area contributed by atoms with Gasteiger partial charge in [-0.25, -0.2) is 4.98 Å². The molecule has 1 heterocycles. The van der Waals surface area contributed by atoms with E-state index in [1.165, 1.54) is 27.8 Å². The average molecular weight is 291 g/mol. The van der Waals surface area contributed by atoms with Crippen LogP contribution in [0.5, 0.6) is 0 Å². The van der Waals surface area contributed by atoms with E-state index in [-0.39, 0.29) is 23.4 Å². The third kappa shape index (κ3) is 2.53. The summed E-state index contributed by atoms with van der Waals surface area (Å²) in [6, 6.07) is 3.17. The molecule has 0 saturated carbocycles. The topological polar surface area (TPSA) is 96.6 Å². The predicted molar refractivity (Wildman–Crippen MR) is 75.0 cm³/mol. The number of aliphatic carboxylic acids is 1. The zero-order chi connectivity index (χ0) is 14.7. The van der Waals surface area contributed by atoms with Crippen molar-refractivity contribution in [1.29, 1.82) is 0 Å². The fourth-order valence-corrected chi connectivity index (χ4v) is 2.52. The second kappa shape index (κ2) is 5.54. The first kappa shape index (κ1) is 13.8. The maximum atomic E-state index is 11.3. The molecule has 0 aliphatic carbocycles. The first-order chi connectivity index (χ1) is 9.54. The van der Waals surface area contributed by atoms with Crippen LogP contribution in [0.2, 0.25) is 0 Å². The van der Waals surface area contributed by atoms with Crippen molar-refractivity contribution in [3.63, 3.8) is 0 Å². The van der Waals surface area contributed by atoms with Crippen LogP contribution in [0, 0.1) is 22.5 Å². The Morgan fingerprint density at radius 3 is 2.95 bits per heavy atom. The molecule has 1 aromatic heterocycles. The quantitative estimate of drug-likeness (QED) is 0.512. The van der Waals surface area contributed by atoms with E-state index < -0.39 is 17.4 Å². The highest BCUT2D eigenvalue weighted by molar-refractivity contribution is 7.16. The van der Waals surface area contributed by atoms with Gasteiger partial charge in [0.15, 0.2) is 5.52 Å². The highest BCUT2D eigenvalue weighted by atomic mass is 32.1. The molecule has 8 heteroatoms. The number of fused-ring (bicyclic) bond motifs is 1. The van der Waals surface area contributed by atoms with Gasteiger partial charge >= 0.3 is 11.7 Å². The summed E-state index contributed by atoms with van der Waals surface area (Å²) in [5, 5.41) is 20.2. The smallest absolute Gasteiger partial charge is 0.323 e. The maximum Gasteiger partial charge on any atom is 0.323 e. The molecule has 2 rings (SSSR count). The molecular weight excluding hydrogens is 282 g/mol. The summed E-state index contributed by atoms with van der Waals surface area (Å²) in [7, 11) is 0. The molecule has 20 heavy (non-hydrogen) atoms. The molecule has 1 aromatic carbocycles. The van der Waals surface area contributed by atoms with Gasteiger partial charge in [-0.15, -0.1) is 17.8 Å². The van der Waals surface area contributed by atoms with Crippen molar-refractivity contribution < 1.29 is 14.8 Å². The second-order valence-electron chi connectivity index (χ2n) is 3.84.